The molecule has 3 aliphatic rings. The van der Waals surface area contributed by atoms with Gasteiger partial charge in [-0.3, -0.25) is 14.2 Å². The summed E-state index contributed by atoms with van der Waals surface area (Å²) in [6.45, 7) is 7.59. The van der Waals surface area contributed by atoms with Gasteiger partial charge in [0.15, 0.2) is 6.73 Å². The summed E-state index contributed by atoms with van der Waals surface area (Å²) in [5, 5.41) is 0.865. The smallest absolute Gasteiger partial charge is 0.304 e. The Balaban J connectivity index is 1.78. The number of esters is 1. The van der Waals surface area contributed by atoms with Crippen LogP contribution in [-0.4, -0.2) is 27.8 Å². The van der Waals surface area contributed by atoms with Gasteiger partial charge in [0, 0.05) is 24.1 Å². The summed E-state index contributed by atoms with van der Waals surface area (Å²) in [4.78, 5) is 25.0. The third-order valence-electron chi connectivity index (χ3n) is 6.80. The molecule has 1 aromatic carbocycles. The predicted molar refractivity (Wildman–Crippen MR) is 103 cm³/mol. The first-order valence-corrected chi connectivity index (χ1v) is 9.88. The number of benzene rings is 1. The third-order valence-corrected chi connectivity index (χ3v) is 6.80. The molecule has 0 amide bonds. The Morgan fingerprint density at radius 1 is 1.29 bits per heavy atom. The molecule has 4 atom stereocenters. The number of carbonyl (C=O) groups is 1. The molecule has 1 saturated carbocycles. The maximum absolute atomic E-state index is 13.6. The summed E-state index contributed by atoms with van der Waals surface area (Å²) in [6.07, 6.45) is 1.97. The lowest BCUT2D eigenvalue weighted by molar-refractivity contribution is -0.144. The van der Waals surface area contributed by atoms with Gasteiger partial charge in [0.05, 0.1) is 22.8 Å². The fourth-order valence-electron chi connectivity index (χ4n) is 5.30. The number of hydrogen-bond acceptors (Lipinski definition) is 5. The van der Waals surface area contributed by atoms with Crippen LogP contribution in [0.25, 0.3) is 10.9 Å². The molecule has 1 aromatic heterocycles. The summed E-state index contributed by atoms with van der Waals surface area (Å²) in [5.74, 6) is 0.431. The zero-order valence-corrected chi connectivity index (χ0v) is 16.7. The third kappa shape index (κ3) is 2.37. The quantitative estimate of drug-likeness (QED) is 0.588. The SMILES string of the molecule is CC(=O)OCn1c(=O)c2c(c3ccccc31)OC(C)(C)C1CCC3(C)OC3C21. The number of hydrogen-bond donors (Lipinski definition) is 0. The highest BCUT2D eigenvalue weighted by Crippen LogP contribution is 2.62. The summed E-state index contributed by atoms with van der Waals surface area (Å²) in [5.41, 5.74) is 0.688. The molecular formula is C22H25NO5. The zero-order chi connectivity index (χ0) is 19.8. The number of pyridine rings is 1. The van der Waals surface area contributed by atoms with Crippen LogP contribution in [0.4, 0.5) is 0 Å². The highest BCUT2D eigenvalue weighted by atomic mass is 16.6. The van der Waals surface area contributed by atoms with Gasteiger partial charge in [-0.2, -0.15) is 0 Å². The van der Waals surface area contributed by atoms with Crippen molar-refractivity contribution in [3.8, 4) is 5.75 Å². The van der Waals surface area contributed by atoms with E-state index < -0.39 is 5.97 Å². The number of aromatic nitrogens is 1. The average Bonchev–Trinajstić information content (AvgIpc) is 3.32. The lowest BCUT2D eigenvalue weighted by Crippen LogP contribution is -2.51. The molecule has 6 nitrogen and oxygen atoms in total. The first kappa shape index (κ1) is 17.7. The zero-order valence-electron chi connectivity index (χ0n) is 16.7. The molecular weight excluding hydrogens is 358 g/mol. The summed E-state index contributed by atoms with van der Waals surface area (Å²) >= 11 is 0. The normalized spacial score (nSPS) is 31.9. The number of nitrogens with zero attached hydrogens (tertiary/aromatic N) is 1. The van der Waals surface area contributed by atoms with E-state index in [2.05, 4.69) is 20.8 Å². The number of epoxide rings is 1. The standard InChI is InChI=1S/C22H25NO5/c1-12(24)26-11-23-15-8-6-5-7-13(15)18-17(20(23)25)16-14(21(2,3)27-18)9-10-22(4)19(16)28-22/h5-8,14,16,19H,9-11H2,1-4H3. The Labute approximate surface area is 163 Å². The van der Waals surface area contributed by atoms with Crippen LogP contribution in [0.15, 0.2) is 29.1 Å². The van der Waals surface area contributed by atoms with E-state index in [0.717, 1.165) is 18.2 Å². The van der Waals surface area contributed by atoms with Gasteiger partial charge in [0.1, 0.15) is 11.4 Å². The summed E-state index contributed by atoms with van der Waals surface area (Å²) in [7, 11) is 0. The Hall–Kier alpha value is -2.34. The highest BCUT2D eigenvalue weighted by Gasteiger charge is 2.65. The van der Waals surface area contributed by atoms with Crippen LogP contribution >= 0.6 is 0 Å². The minimum absolute atomic E-state index is 0.0156. The minimum Gasteiger partial charge on any atom is -0.486 e. The molecule has 28 heavy (non-hydrogen) atoms. The second-order valence-electron chi connectivity index (χ2n) is 8.99. The van der Waals surface area contributed by atoms with E-state index in [0.29, 0.717) is 16.8 Å². The van der Waals surface area contributed by atoms with Crippen LogP contribution in [0.1, 0.15) is 52.0 Å². The van der Waals surface area contributed by atoms with Gasteiger partial charge >= 0.3 is 5.97 Å². The van der Waals surface area contributed by atoms with Crippen molar-refractivity contribution in [2.45, 2.75) is 70.5 Å². The van der Waals surface area contributed by atoms with Crippen molar-refractivity contribution >= 4 is 16.9 Å². The Kier molecular flexibility index (Phi) is 3.55. The maximum atomic E-state index is 13.6. The first-order chi connectivity index (χ1) is 13.2. The van der Waals surface area contributed by atoms with E-state index in [1.807, 2.05) is 24.3 Å². The van der Waals surface area contributed by atoms with Crippen LogP contribution in [0.5, 0.6) is 5.75 Å². The van der Waals surface area contributed by atoms with E-state index in [-0.39, 0.29) is 41.4 Å². The molecule has 6 heteroatoms. The lowest BCUT2D eigenvalue weighted by Gasteiger charge is -2.47. The van der Waals surface area contributed by atoms with Crippen molar-refractivity contribution in [2.24, 2.45) is 5.92 Å². The lowest BCUT2D eigenvalue weighted by atomic mass is 9.64. The fraction of sp³-hybridized carbons (Fsp3) is 0.545. The molecule has 0 spiro atoms. The van der Waals surface area contributed by atoms with E-state index in [1.165, 1.54) is 6.92 Å². The molecule has 3 heterocycles. The van der Waals surface area contributed by atoms with Gasteiger partial charge in [-0.25, -0.2) is 0 Å². The largest absolute Gasteiger partial charge is 0.486 e. The number of fused-ring (bicyclic) bond motifs is 7. The van der Waals surface area contributed by atoms with Crippen LogP contribution in [-0.2, 0) is 21.0 Å². The van der Waals surface area contributed by atoms with E-state index in [4.69, 9.17) is 14.2 Å². The Morgan fingerprint density at radius 3 is 2.79 bits per heavy atom. The average molecular weight is 383 g/mol. The number of para-hydroxylation sites is 1. The number of ether oxygens (including phenoxy) is 3. The molecule has 0 radical (unpaired) electrons. The molecule has 0 N–H and O–H groups in total. The second kappa shape index (κ2) is 5.60. The molecule has 5 rings (SSSR count). The molecule has 1 saturated heterocycles. The maximum Gasteiger partial charge on any atom is 0.304 e. The molecule has 2 aromatic rings. The minimum atomic E-state index is -0.417. The van der Waals surface area contributed by atoms with Crippen LogP contribution < -0.4 is 10.3 Å². The van der Waals surface area contributed by atoms with Crippen LogP contribution in [0.3, 0.4) is 0 Å². The Morgan fingerprint density at radius 2 is 2.04 bits per heavy atom. The monoisotopic (exact) mass is 383 g/mol. The van der Waals surface area contributed by atoms with Gasteiger partial charge in [-0.15, -0.1) is 0 Å². The van der Waals surface area contributed by atoms with Crippen LogP contribution in [0, 0.1) is 5.92 Å². The molecule has 4 unspecified atom stereocenters. The molecule has 1 aliphatic carbocycles. The fourth-order valence-corrected chi connectivity index (χ4v) is 5.30. The van der Waals surface area contributed by atoms with Gasteiger partial charge in [-0.05, 0) is 45.7 Å². The Bertz CT molecular complexity index is 1050. The number of rotatable bonds is 2. The molecule has 0 bridgehead atoms. The second-order valence-corrected chi connectivity index (χ2v) is 8.99. The predicted octanol–water partition coefficient (Wildman–Crippen LogP) is 3.34. The van der Waals surface area contributed by atoms with Crippen molar-refractivity contribution in [2.75, 3.05) is 0 Å². The van der Waals surface area contributed by atoms with E-state index in [9.17, 15) is 9.59 Å². The van der Waals surface area contributed by atoms with Gasteiger partial charge in [-0.1, -0.05) is 12.1 Å². The first-order valence-electron chi connectivity index (χ1n) is 9.88. The topological polar surface area (TPSA) is 70.1 Å². The van der Waals surface area contributed by atoms with Crippen LogP contribution in [0.2, 0.25) is 0 Å². The van der Waals surface area contributed by atoms with Gasteiger partial charge in [0.25, 0.3) is 5.56 Å². The highest BCUT2D eigenvalue weighted by molar-refractivity contribution is 5.87. The van der Waals surface area contributed by atoms with Gasteiger partial charge < -0.3 is 14.2 Å². The van der Waals surface area contributed by atoms with E-state index in [1.54, 1.807) is 4.57 Å². The summed E-state index contributed by atoms with van der Waals surface area (Å²) < 4.78 is 19.3. The van der Waals surface area contributed by atoms with E-state index >= 15 is 0 Å². The summed E-state index contributed by atoms with van der Waals surface area (Å²) in [6, 6.07) is 7.63. The van der Waals surface area contributed by atoms with Crippen molar-refractivity contribution in [3.63, 3.8) is 0 Å². The number of carbonyl (C=O) groups excluding carboxylic acids is 1. The van der Waals surface area contributed by atoms with Crippen molar-refractivity contribution in [3.05, 3.63) is 40.2 Å². The van der Waals surface area contributed by atoms with Crippen molar-refractivity contribution < 1.29 is 19.0 Å². The molecule has 2 aliphatic heterocycles. The molecule has 2 fully saturated rings. The van der Waals surface area contributed by atoms with Gasteiger partial charge in [0.2, 0.25) is 0 Å². The van der Waals surface area contributed by atoms with Crippen molar-refractivity contribution in [1.82, 2.24) is 4.57 Å². The molecule has 148 valence electrons. The van der Waals surface area contributed by atoms with Crippen molar-refractivity contribution in [1.29, 1.82) is 0 Å².